The summed E-state index contributed by atoms with van der Waals surface area (Å²) < 4.78 is 16.6. The Morgan fingerprint density at radius 2 is 2.08 bits per heavy atom. The number of aliphatic imine (C=N–C) groups is 1. The smallest absolute Gasteiger partial charge is 0.191 e. The predicted octanol–water partition coefficient (Wildman–Crippen LogP) is 2.97. The average Bonchev–Trinajstić information content (AvgIpc) is 3.34. The van der Waals surface area contributed by atoms with E-state index in [1.165, 1.54) is 19.3 Å². The maximum Gasteiger partial charge on any atom is 0.191 e. The first-order valence-electron chi connectivity index (χ1n) is 9.64. The third kappa shape index (κ3) is 7.84. The summed E-state index contributed by atoms with van der Waals surface area (Å²) in [5, 5.41) is 6.88. The van der Waals surface area contributed by atoms with Gasteiger partial charge in [-0.05, 0) is 44.2 Å². The molecule has 2 aliphatic heterocycles. The first kappa shape index (κ1) is 21.5. The molecule has 0 aliphatic carbocycles. The van der Waals surface area contributed by atoms with Crippen LogP contribution in [0.4, 0.5) is 0 Å². The van der Waals surface area contributed by atoms with Crippen LogP contribution in [0.2, 0.25) is 0 Å². The molecule has 0 radical (unpaired) electrons. The fourth-order valence-corrected chi connectivity index (χ4v) is 3.27. The van der Waals surface area contributed by atoms with Gasteiger partial charge < -0.3 is 24.5 Å². The normalized spacial score (nSPS) is 23.5. The van der Waals surface area contributed by atoms with E-state index >= 15 is 0 Å². The minimum Gasteiger partial charge on any atom is -0.469 e. The molecule has 3 rings (SSSR count). The van der Waals surface area contributed by atoms with Crippen molar-refractivity contribution in [3.05, 3.63) is 24.2 Å². The van der Waals surface area contributed by atoms with Gasteiger partial charge in [-0.2, -0.15) is 0 Å². The van der Waals surface area contributed by atoms with Gasteiger partial charge in [0.05, 0.1) is 19.0 Å². The summed E-state index contributed by atoms with van der Waals surface area (Å²) in [5.41, 5.74) is 0. The van der Waals surface area contributed by atoms with Gasteiger partial charge >= 0.3 is 0 Å². The van der Waals surface area contributed by atoms with Crippen molar-refractivity contribution in [2.75, 3.05) is 39.5 Å². The first-order valence-corrected chi connectivity index (χ1v) is 9.64. The highest BCUT2D eigenvalue weighted by Crippen LogP contribution is 2.15. The second-order valence-electron chi connectivity index (χ2n) is 6.88. The highest BCUT2D eigenvalue weighted by molar-refractivity contribution is 14.0. The molecule has 2 N–H and O–H groups in total. The van der Waals surface area contributed by atoms with Gasteiger partial charge in [-0.3, -0.25) is 4.99 Å². The van der Waals surface area contributed by atoms with Crippen LogP contribution in [0, 0.1) is 5.92 Å². The molecule has 0 bridgehead atoms. The number of hydrogen-bond donors (Lipinski definition) is 2. The molecule has 2 unspecified atom stereocenters. The van der Waals surface area contributed by atoms with Gasteiger partial charge in [0.25, 0.3) is 0 Å². The van der Waals surface area contributed by atoms with Gasteiger partial charge in [-0.1, -0.05) is 0 Å². The maximum atomic E-state index is 5.80. The van der Waals surface area contributed by atoms with Gasteiger partial charge in [0.15, 0.2) is 5.96 Å². The van der Waals surface area contributed by atoms with Crippen LogP contribution in [0.1, 0.15) is 37.9 Å². The zero-order chi connectivity index (χ0) is 17.2. The first-order chi connectivity index (χ1) is 12.4. The lowest BCUT2D eigenvalue weighted by Crippen LogP contribution is -2.40. The molecule has 6 nitrogen and oxygen atoms in total. The van der Waals surface area contributed by atoms with Crippen LogP contribution in [-0.2, 0) is 15.9 Å². The Kier molecular flexibility index (Phi) is 10.4. The zero-order valence-corrected chi connectivity index (χ0v) is 17.8. The van der Waals surface area contributed by atoms with Crippen molar-refractivity contribution in [1.29, 1.82) is 0 Å². The Morgan fingerprint density at radius 1 is 1.15 bits per heavy atom. The third-order valence-corrected chi connectivity index (χ3v) is 4.81. The summed E-state index contributed by atoms with van der Waals surface area (Å²) in [4.78, 5) is 4.75. The number of nitrogens with zero attached hydrogens (tertiary/aromatic N) is 1. The molecule has 2 atom stereocenters. The molecule has 0 amide bonds. The lowest BCUT2D eigenvalue weighted by atomic mass is 10.1. The number of rotatable bonds is 8. The number of halogens is 1. The highest BCUT2D eigenvalue weighted by atomic mass is 127. The van der Waals surface area contributed by atoms with Crippen LogP contribution in [0.25, 0.3) is 0 Å². The minimum absolute atomic E-state index is 0. The Bertz CT molecular complexity index is 498. The Hall–Kier alpha value is -0.800. The largest absolute Gasteiger partial charge is 0.469 e. The molecule has 2 aliphatic rings. The Balaban J connectivity index is 0.00000243. The van der Waals surface area contributed by atoms with E-state index < -0.39 is 0 Å². The fraction of sp³-hybridized carbons (Fsp3) is 0.737. The molecular weight excluding hydrogens is 445 g/mol. The molecular formula is C19H32IN3O3. The van der Waals surface area contributed by atoms with E-state index in [1.54, 1.807) is 6.26 Å². The van der Waals surface area contributed by atoms with E-state index in [-0.39, 0.29) is 24.0 Å². The summed E-state index contributed by atoms with van der Waals surface area (Å²) in [5.74, 6) is 2.42. The molecule has 1 aromatic rings. The summed E-state index contributed by atoms with van der Waals surface area (Å²) in [6, 6.07) is 3.93. The van der Waals surface area contributed by atoms with Crippen molar-refractivity contribution >= 4 is 29.9 Å². The Morgan fingerprint density at radius 3 is 2.81 bits per heavy atom. The number of guanidine groups is 1. The second kappa shape index (κ2) is 12.6. The molecule has 26 heavy (non-hydrogen) atoms. The average molecular weight is 477 g/mol. The van der Waals surface area contributed by atoms with Gasteiger partial charge in [0.1, 0.15) is 5.76 Å². The van der Waals surface area contributed by atoms with Crippen LogP contribution in [0.3, 0.4) is 0 Å². The monoisotopic (exact) mass is 477 g/mol. The van der Waals surface area contributed by atoms with Crippen LogP contribution < -0.4 is 10.6 Å². The molecule has 0 saturated carbocycles. The van der Waals surface area contributed by atoms with Gasteiger partial charge in [-0.25, -0.2) is 0 Å². The van der Waals surface area contributed by atoms with Crippen molar-refractivity contribution in [2.45, 2.75) is 44.6 Å². The van der Waals surface area contributed by atoms with Crippen molar-refractivity contribution in [3.63, 3.8) is 0 Å². The zero-order valence-electron chi connectivity index (χ0n) is 15.5. The molecule has 0 aromatic carbocycles. The molecule has 1 aromatic heterocycles. The van der Waals surface area contributed by atoms with E-state index in [0.29, 0.717) is 12.0 Å². The van der Waals surface area contributed by atoms with E-state index in [1.807, 2.05) is 12.1 Å². The van der Waals surface area contributed by atoms with Crippen LogP contribution in [0.5, 0.6) is 0 Å². The highest BCUT2D eigenvalue weighted by Gasteiger charge is 2.16. The molecule has 0 spiro atoms. The van der Waals surface area contributed by atoms with E-state index in [0.717, 1.165) is 70.4 Å². The topological polar surface area (TPSA) is 68.0 Å². The van der Waals surface area contributed by atoms with Crippen LogP contribution in [-0.4, -0.2) is 51.5 Å². The summed E-state index contributed by atoms with van der Waals surface area (Å²) >= 11 is 0. The van der Waals surface area contributed by atoms with Crippen molar-refractivity contribution in [1.82, 2.24) is 10.6 Å². The van der Waals surface area contributed by atoms with Crippen molar-refractivity contribution in [3.8, 4) is 0 Å². The van der Waals surface area contributed by atoms with Crippen LogP contribution in [0.15, 0.2) is 27.8 Å². The lowest BCUT2D eigenvalue weighted by Gasteiger charge is -2.23. The number of furan rings is 1. The SMILES string of the molecule is I.c1coc(CCNC(=NCC2CCOC2)NCCC2CCCCO2)c1. The summed E-state index contributed by atoms with van der Waals surface area (Å²) in [6.45, 7) is 5.12. The van der Waals surface area contributed by atoms with Crippen LogP contribution >= 0.6 is 24.0 Å². The molecule has 7 heteroatoms. The predicted molar refractivity (Wildman–Crippen MR) is 113 cm³/mol. The lowest BCUT2D eigenvalue weighted by molar-refractivity contribution is 0.0122. The van der Waals surface area contributed by atoms with Crippen molar-refractivity contribution < 1.29 is 13.9 Å². The van der Waals surface area contributed by atoms with E-state index in [4.69, 9.17) is 18.9 Å². The standard InChI is InChI=1S/C19H31N3O3.HI/c1-2-11-24-17(4-1)6-9-20-19(22-14-16-8-13-23-15-16)21-10-7-18-5-3-12-25-18;/h3,5,12,16-17H,1-2,4,6-11,13-15H2,(H2,20,21,22);1H. The maximum absolute atomic E-state index is 5.80. The van der Waals surface area contributed by atoms with E-state index in [9.17, 15) is 0 Å². The number of ether oxygens (including phenoxy) is 2. The quantitative estimate of drug-likeness (QED) is 0.343. The second-order valence-corrected chi connectivity index (χ2v) is 6.88. The summed E-state index contributed by atoms with van der Waals surface area (Å²) in [7, 11) is 0. The van der Waals surface area contributed by atoms with Crippen molar-refractivity contribution in [2.24, 2.45) is 10.9 Å². The van der Waals surface area contributed by atoms with Gasteiger partial charge in [-0.15, -0.1) is 24.0 Å². The van der Waals surface area contributed by atoms with E-state index in [2.05, 4.69) is 10.6 Å². The molecule has 148 valence electrons. The third-order valence-electron chi connectivity index (χ3n) is 4.81. The number of nitrogens with one attached hydrogen (secondary N) is 2. The fourth-order valence-electron chi connectivity index (χ4n) is 3.27. The van der Waals surface area contributed by atoms with Gasteiger partial charge in [0.2, 0.25) is 0 Å². The summed E-state index contributed by atoms with van der Waals surface area (Å²) in [6.07, 6.45) is 8.78. The Labute approximate surface area is 173 Å². The van der Waals surface area contributed by atoms with Gasteiger partial charge in [0, 0.05) is 45.2 Å². The molecule has 2 fully saturated rings. The number of hydrogen-bond acceptors (Lipinski definition) is 4. The molecule has 2 saturated heterocycles. The minimum atomic E-state index is 0. The molecule has 3 heterocycles.